The molecule has 106 valence electrons. The molecule has 0 aliphatic carbocycles. The van der Waals surface area contributed by atoms with Crippen molar-refractivity contribution in [2.75, 3.05) is 6.54 Å². The van der Waals surface area contributed by atoms with E-state index in [4.69, 9.17) is 5.73 Å². The van der Waals surface area contributed by atoms with Crippen molar-refractivity contribution in [3.63, 3.8) is 0 Å². The SMILES string of the molecule is CC=N/C(C)=C\C.CCC(O)(CN)c1ccccc1. The van der Waals surface area contributed by atoms with Gasteiger partial charge in [-0.05, 0) is 32.8 Å². The molecule has 0 bridgehead atoms. The Kier molecular flexibility index (Phi) is 8.75. The van der Waals surface area contributed by atoms with Crippen LogP contribution in [0, 0.1) is 0 Å². The number of nitrogens with two attached hydrogens (primary N) is 1. The van der Waals surface area contributed by atoms with Gasteiger partial charge in [-0.15, -0.1) is 0 Å². The van der Waals surface area contributed by atoms with Gasteiger partial charge in [-0.1, -0.05) is 43.3 Å². The maximum Gasteiger partial charge on any atom is 0.102 e. The maximum absolute atomic E-state index is 9.98. The molecule has 1 atom stereocenters. The average Bonchev–Trinajstić information content (AvgIpc) is 2.48. The van der Waals surface area contributed by atoms with Crippen molar-refractivity contribution < 1.29 is 5.11 Å². The molecule has 19 heavy (non-hydrogen) atoms. The number of benzene rings is 1. The van der Waals surface area contributed by atoms with Crippen molar-refractivity contribution in [3.05, 3.63) is 47.7 Å². The summed E-state index contributed by atoms with van der Waals surface area (Å²) in [5.41, 5.74) is 6.62. The highest BCUT2D eigenvalue weighted by Crippen LogP contribution is 2.22. The Balaban J connectivity index is 0.000000399. The molecule has 1 rings (SSSR count). The van der Waals surface area contributed by atoms with Gasteiger partial charge in [-0.25, -0.2) is 0 Å². The minimum atomic E-state index is -0.846. The molecule has 0 amide bonds. The van der Waals surface area contributed by atoms with E-state index < -0.39 is 5.60 Å². The van der Waals surface area contributed by atoms with Gasteiger partial charge in [0.2, 0.25) is 0 Å². The first kappa shape index (κ1) is 17.6. The molecule has 0 aliphatic rings. The number of aliphatic imine (C=N–C) groups is 1. The fourth-order valence-electron chi connectivity index (χ4n) is 1.49. The molecule has 0 aliphatic heterocycles. The summed E-state index contributed by atoms with van der Waals surface area (Å²) in [6.07, 6.45) is 4.41. The van der Waals surface area contributed by atoms with Gasteiger partial charge < -0.3 is 10.8 Å². The highest BCUT2D eigenvalue weighted by molar-refractivity contribution is 5.54. The fourth-order valence-corrected chi connectivity index (χ4v) is 1.49. The van der Waals surface area contributed by atoms with E-state index in [2.05, 4.69) is 4.99 Å². The van der Waals surface area contributed by atoms with Gasteiger partial charge in [0.15, 0.2) is 0 Å². The zero-order chi connectivity index (χ0) is 14.7. The van der Waals surface area contributed by atoms with E-state index in [1.807, 2.05) is 64.1 Å². The quantitative estimate of drug-likeness (QED) is 0.818. The van der Waals surface area contributed by atoms with Gasteiger partial charge in [0.05, 0.1) is 0 Å². The zero-order valence-electron chi connectivity index (χ0n) is 12.4. The summed E-state index contributed by atoms with van der Waals surface area (Å²) in [6, 6.07) is 9.54. The van der Waals surface area contributed by atoms with Crippen molar-refractivity contribution >= 4 is 6.21 Å². The smallest absolute Gasteiger partial charge is 0.102 e. The van der Waals surface area contributed by atoms with Crippen LogP contribution in [-0.4, -0.2) is 17.9 Å². The molecule has 3 N–H and O–H groups in total. The summed E-state index contributed by atoms with van der Waals surface area (Å²) >= 11 is 0. The number of rotatable bonds is 4. The van der Waals surface area contributed by atoms with Crippen molar-refractivity contribution in [3.8, 4) is 0 Å². The van der Waals surface area contributed by atoms with Crippen molar-refractivity contribution in [2.45, 2.75) is 39.7 Å². The Morgan fingerprint density at radius 2 is 1.89 bits per heavy atom. The molecule has 0 fully saturated rings. The first-order chi connectivity index (χ1) is 9.03. The van der Waals surface area contributed by atoms with E-state index in [-0.39, 0.29) is 6.54 Å². The topological polar surface area (TPSA) is 58.6 Å². The van der Waals surface area contributed by atoms with Crippen LogP contribution in [0.1, 0.15) is 39.7 Å². The number of nitrogens with zero attached hydrogens (tertiary/aromatic N) is 1. The van der Waals surface area contributed by atoms with E-state index in [9.17, 15) is 5.11 Å². The monoisotopic (exact) mass is 262 g/mol. The number of allylic oxidation sites excluding steroid dienone is 2. The average molecular weight is 262 g/mol. The van der Waals surface area contributed by atoms with E-state index in [0.29, 0.717) is 6.42 Å². The number of hydrogen-bond donors (Lipinski definition) is 2. The Bertz CT molecular complexity index is 392. The van der Waals surface area contributed by atoms with Crippen LogP contribution in [0.5, 0.6) is 0 Å². The van der Waals surface area contributed by atoms with Crippen LogP contribution in [0.25, 0.3) is 0 Å². The zero-order valence-corrected chi connectivity index (χ0v) is 12.4. The molecule has 1 aromatic rings. The van der Waals surface area contributed by atoms with Gasteiger partial charge in [-0.2, -0.15) is 0 Å². The van der Waals surface area contributed by atoms with Crippen molar-refractivity contribution in [1.29, 1.82) is 0 Å². The Morgan fingerprint density at radius 1 is 1.32 bits per heavy atom. The van der Waals surface area contributed by atoms with E-state index in [1.165, 1.54) is 0 Å². The highest BCUT2D eigenvalue weighted by Gasteiger charge is 2.24. The minimum Gasteiger partial charge on any atom is -0.384 e. The highest BCUT2D eigenvalue weighted by atomic mass is 16.3. The molecule has 0 spiro atoms. The third-order valence-electron chi connectivity index (χ3n) is 2.98. The first-order valence-corrected chi connectivity index (χ1v) is 6.63. The molecule has 0 saturated carbocycles. The summed E-state index contributed by atoms with van der Waals surface area (Å²) in [6.45, 7) is 8.06. The lowest BCUT2D eigenvalue weighted by Gasteiger charge is -2.25. The minimum absolute atomic E-state index is 0.271. The van der Waals surface area contributed by atoms with Crippen LogP contribution < -0.4 is 5.73 Å². The molecular weight excluding hydrogens is 236 g/mol. The third-order valence-corrected chi connectivity index (χ3v) is 2.98. The molecule has 3 heteroatoms. The Morgan fingerprint density at radius 3 is 2.21 bits per heavy atom. The van der Waals surface area contributed by atoms with Gasteiger partial charge in [0.1, 0.15) is 5.60 Å². The second-order valence-corrected chi connectivity index (χ2v) is 4.27. The van der Waals surface area contributed by atoms with E-state index >= 15 is 0 Å². The van der Waals surface area contributed by atoms with Crippen LogP contribution >= 0.6 is 0 Å². The third kappa shape index (κ3) is 6.32. The maximum atomic E-state index is 9.98. The summed E-state index contributed by atoms with van der Waals surface area (Å²) in [5, 5.41) is 9.98. The number of hydrogen-bond acceptors (Lipinski definition) is 3. The van der Waals surface area contributed by atoms with E-state index in [1.54, 1.807) is 6.21 Å². The van der Waals surface area contributed by atoms with Crippen molar-refractivity contribution in [2.24, 2.45) is 10.7 Å². The Hall–Kier alpha value is -1.45. The Labute approximate surface area is 116 Å². The molecule has 1 unspecified atom stereocenters. The molecule has 1 aromatic carbocycles. The predicted octanol–water partition coefficient (Wildman–Crippen LogP) is 3.24. The largest absolute Gasteiger partial charge is 0.384 e. The van der Waals surface area contributed by atoms with Gasteiger partial charge in [-0.3, -0.25) is 4.99 Å². The molecule has 0 heterocycles. The summed E-state index contributed by atoms with van der Waals surface area (Å²) in [7, 11) is 0. The van der Waals surface area contributed by atoms with Crippen molar-refractivity contribution in [1.82, 2.24) is 0 Å². The van der Waals surface area contributed by atoms with Gasteiger partial charge in [0, 0.05) is 18.5 Å². The van der Waals surface area contributed by atoms with Crippen LogP contribution in [0.4, 0.5) is 0 Å². The molecule has 0 aromatic heterocycles. The van der Waals surface area contributed by atoms with Gasteiger partial charge >= 0.3 is 0 Å². The van der Waals surface area contributed by atoms with Crippen LogP contribution in [-0.2, 0) is 5.60 Å². The lowest BCUT2D eigenvalue weighted by Crippen LogP contribution is -2.33. The summed E-state index contributed by atoms with van der Waals surface area (Å²) < 4.78 is 0. The fraction of sp³-hybridized carbons (Fsp3) is 0.438. The molecule has 0 saturated heterocycles. The van der Waals surface area contributed by atoms with E-state index in [0.717, 1.165) is 11.3 Å². The first-order valence-electron chi connectivity index (χ1n) is 6.63. The summed E-state index contributed by atoms with van der Waals surface area (Å²) in [5.74, 6) is 0. The summed E-state index contributed by atoms with van der Waals surface area (Å²) in [4.78, 5) is 3.98. The van der Waals surface area contributed by atoms with Crippen LogP contribution in [0.3, 0.4) is 0 Å². The second-order valence-electron chi connectivity index (χ2n) is 4.27. The normalized spacial score (nSPS) is 14.7. The standard InChI is InChI=1S/C10H15NO.C6H11N/c1-2-10(12,8-11)9-6-4-3-5-7-9;1-4-6(3)7-5-2/h3-7,12H,2,8,11H2,1H3;4-5H,1-3H3/b;6-4-,7-5?. The lowest BCUT2D eigenvalue weighted by molar-refractivity contribution is 0.0419. The molecular formula is C16H26N2O. The number of aliphatic hydroxyl groups is 1. The lowest BCUT2D eigenvalue weighted by atomic mass is 9.91. The van der Waals surface area contributed by atoms with Crippen LogP contribution in [0.15, 0.2) is 47.1 Å². The molecule has 0 radical (unpaired) electrons. The van der Waals surface area contributed by atoms with Gasteiger partial charge in [0.25, 0.3) is 0 Å². The van der Waals surface area contributed by atoms with Crippen LogP contribution in [0.2, 0.25) is 0 Å². The molecule has 3 nitrogen and oxygen atoms in total. The predicted molar refractivity (Wildman–Crippen MR) is 83.3 cm³/mol. The second kappa shape index (κ2) is 9.48.